The SMILES string of the molecule is O=C(O)c1ccc2[nH]c(CC3CCO3)nc2n1. The maximum atomic E-state index is 10.8. The van der Waals surface area contributed by atoms with Gasteiger partial charge in [0.05, 0.1) is 11.6 Å². The summed E-state index contributed by atoms with van der Waals surface area (Å²) in [6.45, 7) is 0.812. The number of fused-ring (bicyclic) bond motifs is 1. The summed E-state index contributed by atoms with van der Waals surface area (Å²) in [5.74, 6) is -0.251. The van der Waals surface area contributed by atoms with E-state index in [4.69, 9.17) is 9.84 Å². The molecule has 3 rings (SSSR count). The molecular formula is C11H11N3O3. The first-order valence-electron chi connectivity index (χ1n) is 5.43. The highest BCUT2D eigenvalue weighted by Crippen LogP contribution is 2.17. The van der Waals surface area contributed by atoms with Gasteiger partial charge in [0.2, 0.25) is 0 Å². The van der Waals surface area contributed by atoms with Crippen LogP contribution in [0.25, 0.3) is 11.2 Å². The standard InChI is InChI=1S/C11H11N3O3/c15-11(16)8-2-1-7-10(13-8)14-9(12-7)5-6-3-4-17-6/h1-2,6H,3-5H2,(H,15,16)(H,12,13,14). The van der Waals surface area contributed by atoms with Gasteiger partial charge in [-0.3, -0.25) is 0 Å². The first-order valence-corrected chi connectivity index (χ1v) is 5.43. The summed E-state index contributed by atoms with van der Waals surface area (Å²) in [5, 5.41) is 8.82. The highest BCUT2D eigenvalue weighted by Gasteiger charge is 2.20. The van der Waals surface area contributed by atoms with Gasteiger partial charge in [0.25, 0.3) is 0 Å². The largest absolute Gasteiger partial charge is 0.477 e. The van der Waals surface area contributed by atoms with E-state index in [-0.39, 0.29) is 11.8 Å². The number of carbonyl (C=O) groups is 1. The molecule has 2 aromatic rings. The van der Waals surface area contributed by atoms with E-state index < -0.39 is 5.97 Å². The van der Waals surface area contributed by atoms with Crippen molar-refractivity contribution in [2.24, 2.45) is 0 Å². The third-order valence-corrected chi connectivity index (χ3v) is 2.83. The number of nitrogens with zero attached hydrogens (tertiary/aromatic N) is 2. The molecule has 6 nitrogen and oxygen atoms in total. The van der Waals surface area contributed by atoms with Crippen LogP contribution in [0.2, 0.25) is 0 Å². The molecule has 3 heterocycles. The number of aromatic nitrogens is 3. The monoisotopic (exact) mass is 233 g/mol. The second kappa shape index (κ2) is 3.81. The van der Waals surface area contributed by atoms with Crippen molar-refractivity contribution in [2.45, 2.75) is 18.9 Å². The van der Waals surface area contributed by atoms with Crippen LogP contribution in [-0.2, 0) is 11.2 Å². The average molecular weight is 233 g/mol. The van der Waals surface area contributed by atoms with Crippen molar-refractivity contribution < 1.29 is 14.6 Å². The van der Waals surface area contributed by atoms with E-state index in [1.807, 2.05) is 0 Å². The third kappa shape index (κ3) is 1.87. The van der Waals surface area contributed by atoms with Crippen molar-refractivity contribution in [3.05, 3.63) is 23.7 Å². The Labute approximate surface area is 96.6 Å². The molecule has 2 aromatic heterocycles. The van der Waals surface area contributed by atoms with Gasteiger partial charge in [0.15, 0.2) is 11.3 Å². The number of aromatic carboxylic acids is 1. The first kappa shape index (κ1) is 10.2. The van der Waals surface area contributed by atoms with Gasteiger partial charge in [-0.05, 0) is 18.6 Å². The molecule has 0 radical (unpaired) electrons. The number of pyridine rings is 1. The zero-order chi connectivity index (χ0) is 11.8. The topological polar surface area (TPSA) is 88.1 Å². The molecule has 2 N–H and O–H groups in total. The molecule has 1 atom stereocenters. The fourth-order valence-electron chi connectivity index (χ4n) is 1.82. The van der Waals surface area contributed by atoms with Crippen LogP contribution in [0.4, 0.5) is 0 Å². The summed E-state index contributed by atoms with van der Waals surface area (Å²) in [7, 11) is 0. The fraction of sp³-hybridized carbons (Fsp3) is 0.364. The van der Waals surface area contributed by atoms with E-state index in [1.54, 1.807) is 6.07 Å². The summed E-state index contributed by atoms with van der Waals surface area (Å²) < 4.78 is 5.32. The number of rotatable bonds is 3. The van der Waals surface area contributed by atoms with Crippen molar-refractivity contribution in [2.75, 3.05) is 6.61 Å². The Kier molecular flexibility index (Phi) is 2.29. The molecule has 0 amide bonds. The number of aromatic amines is 1. The lowest BCUT2D eigenvalue weighted by atomic mass is 10.1. The molecule has 6 heteroatoms. The van der Waals surface area contributed by atoms with Crippen LogP contribution >= 0.6 is 0 Å². The van der Waals surface area contributed by atoms with Gasteiger partial charge in [0.1, 0.15) is 5.82 Å². The Hall–Kier alpha value is -1.95. The molecule has 1 aliphatic heterocycles. The molecule has 1 aliphatic rings. The first-order chi connectivity index (χ1) is 8.22. The maximum absolute atomic E-state index is 10.8. The van der Waals surface area contributed by atoms with E-state index >= 15 is 0 Å². The summed E-state index contributed by atoms with van der Waals surface area (Å²) in [4.78, 5) is 22.1. The van der Waals surface area contributed by atoms with Crippen LogP contribution in [-0.4, -0.2) is 38.7 Å². The Bertz CT molecular complexity index is 574. The Morgan fingerprint density at radius 2 is 2.35 bits per heavy atom. The van der Waals surface area contributed by atoms with Crippen molar-refractivity contribution in [3.8, 4) is 0 Å². The van der Waals surface area contributed by atoms with Gasteiger partial charge in [-0.1, -0.05) is 0 Å². The minimum absolute atomic E-state index is 0.00967. The zero-order valence-corrected chi connectivity index (χ0v) is 9.01. The minimum Gasteiger partial charge on any atom is -0.477 e. The van der Waals surface area contributed by atoms with E-state index in [2.05, 4.69) is 15.0 Å². The molecule has 17 heavy (non-hydrogen) atoms. The number of hydrogen-bond donors (Lipinski definition) is 2. The van der Waals surface area contributed by atoms with Gasteiger partial charge >= 0.3 is 5.97 Å². The van der Waals surface area contributed by atoms with Crippen LogP contribution in [0.1, 0.15) is 22.7 Å². The third-order valence-electron chi connectivity index (χ3n) is 2.83. The van der Waals surface area contributed by atoms with Crippen LogP contribution in [0.3, 0.4) is 0 Å². The van der Waals surface area contributed by atoms with Crippen molar-refractivity contribution in [1.29, 1.82) is 0 Å². The van der Waals surface area contributed by atoms with Crippen molar-refractivity contribution in [1.82, 2.24) is 15.0 Å². The van der Waals surface area contributed by atoms with Crippen LogP contribution in [0.5, 0.6) is 0 Å². The number of H-pyrrole nitrogens is 1. The summed E-state index contributed by atoms with van der Waals surface area (Å²) in [6.07, 6.45) is 2.00. The molecule has 0 aromatic carbocycles. The van der Waals surface area contributed by atoms with Crippen LogP contribution in [0.15, 0.2) is 12.1 Å². The van der Waals surface area contributed by atoms with Crippen molar-refractivity contribution in [3.63, 3.8) is 0 Å². The summed E-state index contributed by atoms with van der Waals surface area (Å²) >= 11 is 0. The highest BCUT2D eigenvalue weighted by molar-refractivity contribution is 5.88. The lowest BCUT2D eigenvalue weighted by Crippen LogP contribution is -2.29. The fourth-order valence-corrected chi connectivity index (χ4v) is 1.82. The van der Waals surface area contributed by atoms with Gasteiger partial charge in [-0.25, -0.2) is 14.8 Å². The van der Waals surface area contributed by atoms with Gasteiger partial charge < -0.3 is 14.8 Å². The van der Waals surface area contributed by atoms with Gasteiger partial charge in [-0.2, -0.15) is 0 Å². The predicted molar refractivity (Wildman–Crippen MR) is 58.9 cm³/mol. The maximum Gasteiger partial charge on any atom is 0.354 e. The number of carboxylic acid groups (broad SMARTS) is 1. The average Bonchev–Trinajstić information content (AvgIpc) is 2.64. The number of imidazole rings is 1. The normalized spacial score (nSPS) is 19.2. The molecule has 0 spiro atoms. The highest BCUT2D eigenvalue weighted by atomic mass is 16.5. The van der Waals surface area contributed by atoms with E-state index in [0.717, 1.165) is 30.8 Å². The minimum atomic E-state index is -1.04. The second-order valence-electron chi connectivity index (χ2n) is 4.04. The molecule has 1 fully saturated rings. The number of carboxylic acids is 1. The molecule has 0 saturated carbocycles. The lowest BCUT2D eigenvalue weighted by Gasteiger charge is -2.25. The Balaban J connectivity index is 1.91. The molecule has 88 valence electrons. The number of nitrogens with one attached hydrogen (secondary N) is 1. The molecule has 1 saturated heterocycles. The van der Waals surface area contributed by atoms with E-state index in [0.29, 0.717) is 5.65 Å². The molecule has 1 unspecified atom stereocenters. The second-order valence-corrected chi connectivity index (χ2v) is 4.04. The van der Waals surface area contributed by atoms with Crippen LogP contribution in [0, 0.1) is 0 Å². The molecule has 0 aliphatic carbocycles. The van der Waals surface area contributed by atoms with E-state index in [9.17, 15) is 4.79 Å². The van der Waals surface area contributed by atoms with Crippen molar-refractivity contribution >= 4 is 17.1 Å². The van der Waals surface area contributed by atoms with Crippen LogP contribution < -0.4 is 0 Å². The summed E-state index contributed by atoms with van der Waals surface area (Å²) in [5.41, 5.74) is 1.21. The zero-order valence-electron chi connectivity index (χ0n) is 9.01. The Morgan fingerprint density at radius 1 is 1.53 bits per heavy atom. The quantitative estimate of drug-likeness (QED) is 0.825. The number of hydrogen-bond acceptors (Lipinski definition) is 4. The van der Waals surface area contributed by atoms with Gasteiger partial charge in [0, 0.05) is 13.0 Å². The van der Waals surface area contributed by atoms with Gasteiger partial charge in [-0.15, -0.1) is 0 Å². The van der Waals surface area contributed by atoms with E-state index in [1.165, 1.54) is 6.07 Å². The predicted octanol–water partition coefficient (Wildman–Crippen LogP) is 0.987. The molecular weight excluding hydrogens is 222 g/mol. The summed E-state index contributed by atoms with van der Waals surface area (Å²) in [6, 6.07) is 3.15. The smallest absolute Gasteiger partial charge is 0.354 e. The molecule has 0 bridgehead atoms. The Morgan fingerprint density at radius 3 is 3.00 bits per heavy atom. The number of ether oxygens (including phenoxy) is 1. The lowest BCUT2D eigenvalue weighted by molar-refractivity contribution is -0.0500.